The van der Waals surface area contributed by atoms with Crippen LogP contribution in [0.5, 0.6) is 5.75 Å². The molecule has 4 N–H and O–H groups in total. The summed E-state index contributed by atoms with van der Waals surface area (Å²) >= 11 is 0. The largest absolute Gasteiger partial charge is 0.488 e. The number of carbonyl (C=O) groups is 1. The predicted molar refractivity (Wildman–Crippen MR) is 55.6 cm³/mol. The van der Waals surface area contributed by atoms with Crippen molar-refractivity contribution in [3.05, 3.63) is 24.3 Å². The Morgan fingerprint density at radius 2 is 2.20 bits per heavy atom. The summed E-state index contributed by atoms with van der Waals surface area (Å²) in [7, 11) is -1.58. The standard InChI is InChI=1S/C9H12BNO4/c1-6(11)9(12)15-8-4-2-3-7(5-8)10(13)14/h2-6,13-14H,11H2,1H3/t6-/m0/s1. The van der Waals surface area contributed by atoms with Crippen LogP contribution in [0.4, 0.5) is 0 Å². The Morgan fingerprint density at radius 1 is 1.53 bits per heavy atom. The maximum Gasteiger partial charge on any atom is 0.488 e. The Balaban J connectivity index is 2.78. The first kappa shape index (κ1) is 11.7. The lowest BCUT2D eigenvalue weighted by Gasteiger charge is -2.07. The first-order valence-electron chi connectivity index (χ1n) is 4.44. The number of nitrogens with two attached hydrogens (primary N) is 1. The summed E-state index contributed by atoms with van der Waals surface area (Å²) in [6.07, 6.45) is 0. The molecule has 6 heteroatoms. The van der Waals surface area contributed by atoms with Crippen LogP contribution in [0.2, 0.25) is 0 Å². The molecule has 1 aromatic carbocycles. The van der Waals surface area contributed by atoms with E-state index in [1.54, 1.807) is 6.07 Å². The number of benzene rings is 1. The first-order valence-corrected chi connectivity index (χ1v) is 4.44. The molecule has 5 nitrogen and oxygen atoms in total. The molecule has 0 saturated carbocycles. The van der Waals surface area contributed by atoms with Crippen LogP contribution >= 0.6 is 0 Å². The smallest absolute Gasteiger partial charge is 0.425 e. The number of rotatable bonds is 3. The van der Waals surface area contributed by atoms with Crippen molar-refractivity contribution in [1.82, 2.24) is 0 Å². The van der Waals surface area contributed by atoms with Crippen molar-refractivity contribution in [2.24, 2.45) is 5.73 Å². The molecule has 0 aromatic heterocycles. The molecule has 0 spiro atoms. The van der Waals surface area contributed by atoms with E-state index in [-0.39, 0.29) is 11.2 Å². The molecule has 0 amide bonds. The van der Waals surface area contributed by atoms with E-state index in [1.807, 2.05) is 0 Å². The summed E-state index contributed by atoms with van der Waals surface area (Å²) < 4.78 is 4.88. The van der Waals surface area contributed by atoms with Gasteiger partial charge in [0.15, 0.2) is 0 Å². The van der Waals surface area contributed by atoms with Crippen molar-refractivity contribution in [3.63, 3.8) is 0 Å². The lowest BCUT2D eigenvalue weighted by Crippen LogP contribution is -2.32. The summed E-state index contributed by atoms with van der Waals surface area (Å²) in [6.45, 7) is 1.51. The summed E-state index contributed by atoms with van der Waals surface area (Å²) in [5.74, 6) is -0.331. The minimum Gasteiger partial charge on any atom is -0.425 e. The zero-order valence-electron chi connectivity index (χ0n) is 8.25. The number of esters is 1. The van der Waals surface area contributed by atoms with Crippen LogP contribution in [-0.4, -0.2) is 29.2 Å². The van der Waals surface area contributed by atoms with E-state index in [0.717, 1.165) is 0 Å². The molecule has 15 heavy (non-hydrogen) atoms. The quantitative estimate of drug-likeness (QED) is 0.324. The lowest BCUT2D eigenvalue weighted by molar-refractivity contribution is -0.135. The van der Waals surface area contributed by atoms with E-state index in [1.165, 1.54) is 25.1 Å². The van der Waals surface area contributed by atoms with Gasteiger partial charge in [-0.15, -0.1) is 0 Å². The molecular weight excluding hydrogens is 197 g/mol. The van der Waals surface area contributed by atoms with Gasteiger partial charge >= 0.3 is 13.1 Å². The van der Waals surface area contributed by atoms with Crippen LogP contribution in [0, 0.1) is 0 Å². The zero-order chi connectivity index (χ0) is 11.4. The second-order valence-corrected chi connectivity index (χ2v) is 3.16. The molecule has 0 radical (unpaired) electrons. The van der Waals surface area contributed by atoms with Crippen LogP contribution in [0.15, 0.2) is 24.3 Å². The second-order valence-electron chi connectivity index (χ2n) is 3.16. The third-order valence-corrected chi connectivity index (χ3v) is 1.75. The molecule has 1 atom stereocenters. The van der Waals surface area contributed by atoms with E-state index >= 15 is 0 Å². The van der Waals surface area contributed by atoms with Gasteiger partial charge in [-0.25, -0.2) is 4.79 Å². The minimum atomic E-state index is -1.58. The van der Waals surface area contributed by atoms with Crippen molar-refractivity contribution < 1.29 is 19.6 Å². The van der Waals surface area contributed by atoms with Gasteiger partial charge in [0.1, 0.15) is 11.8 Å². The minimum absolute atomic E-state index is 0.239. The average molecular weight is 209 g/mol. The van der Waals surface area contributed by atoms with Crippen molar-refractivity contribution in [2.75, 3.05) is 0 Å². The lowest BCUT2D eigenvalue weighted by atomic mass is 9.80. The highest BCUT2D eigenvalue weighted by molar-refractivity contribution is 6.58. The van der Waals surface area contributed by atoms with Gasteiger partial charge in [0.2, 0.25) is 0 Å². The normalized spacial score (nSPS) is 12.0. The number of carbonyl (C=O) groups excluding carboxylic acids is 1. The molecule has 1 aromatic rings. The van der Waals surface area contributed by atoms with Crippen LogP contribution in [0.3, 0.4) is 0 Å². The van der Waals surface area contributed by atoms with Gasteiger partial charge in [0, 0.05) is 0 Å². The summed E-state index contributed by atoms with van der Waals surface area (Å²) in [5, 5.41) is 17.8. The molecule has 0 bridgehead atoms. The van der Waals surface area contributed by atoms with Crippen LogP contribution in [0.25, 0.3) is 0 Å². The van der Waals surface area contributed by atoms with Gasteiger partial charge in [-0.05, 0) is 24.5 Å². The monoisotopic (exact) mass is 209 g/mol. The van der Waals surface area contributed by atoms with E-state index < -0.39 is 19.1 Å². The van der Waals surface area contributed by atoms with Crippen LogP contribution in [0.1, 0.15) is 6.92 Å². The van der Waals surface area contributed by atoms with Crippen LogP contribution < -0.4 is 15.9 Å². The van der Waals surface area contributed by atoms with Gasteiger partial charge < -0.3 is 20.5 Å². The van der Waals surface area contributed by atoms with Crippen molar-refractivity contribution in [3.8, 4) is 5.75 Å². The Morgan fingerprint density at radius 3 is 2.73 bits per heavy atom. The van der Waals surface area contributed by atoms with Gasteiger partial charge in [-0.1, -0.05) is 12.1 Å². The Labute approximate surface area is 87.6 Å². The molecular formula is C9H12BNO4. The fraction of sp³-hybridized carbons (Fsp3) is 0.222. The highest BCUT2D eigenvalue weighted by Gasteiger charge is 2.14. The third-order valence-electron chi connectivity index (χ3n) is 1.75. The topological polar surface area (TPSA) is 92.8 Å². The SMILES string of the molecule is C[C@H](N)C(=O)Oc1cccc(B(O)O)c1. The predicted octanol–water partition coefficient (Wildman–Crippen LogP) is -1.38. The fourth-order valence-corrected chi connectivity index (χ4v) is 0.948. The molecule has 80 valence electrons. The maximum absolute atomic E-state index is 11.1. The highest BCUT2D eigenvalue weighted by atomic mass is 16.5. The van der Waals surface area contributed by atoms with E-state index in [0.29, 0.717) is 0 Å². The van der Waals surface area contributed by atoms with E-state index in [4.69, 9.17) is 20.5 Å². The van der Waals surface area contributed by atoms with E-state index in [2.05, 4.69) is 0 Å². The van der Waals surface area contributed by atoms with Crippen molar-refractivity contribution in [2.45, 2.75) is 13.0 Å². The third kappa shape index (κ3) is 3.36. The van der Waals surface area contributed by atoms with Crippen molar-refractivity contribution >= 4 is 18.6 Å². The molecule has 0 aliphatic carbocycles. The van der Waals surface area contributed by atoms with Gasteiger partial charge in [0.25, 0.3) is 0 Å². The summed E-state index contributed by atoms with van der Waals surface area (Å²) in [5.41, 5.74) is 5.56. The fourth-order valence-electron chi connectivity index (χ4n) is 0.948. The molecule has 0 saturated heterocycles. The number of hydrogen-bond donors (Lipinski definition) is 3. The van der Waals surface area contributed by atoms with E-state index in [9.17, 15) is 4.79 Å². The molecule has 1 rings (SSSR count). The van der Waals surface area contributed by atoms with Crippen LogP contribution in [-0.2, 0) is 4.79 Å². The second kappa shape index (κ2) is 4.93. The number of ether oxygens (including phenoxy) is 1. The first-order chi connectivity index (χ1) is 7.00. The molecule has 0 aliphatic rings. The Hall–Kier alpha value is -1.37. The zero-order valence-corrected chi connectivity index (χ0v) is 8.25. The van der Waals surface area contributed by atoms with Gasteiger partial charge in [0.05, 0.1) is 0 Å². The summed E-state index contributed by atoms with van der Waals surface area (Å²) in [6, 6.07) is 5.25. The molecule has 0 aliphatic heterocycles. The highest BCUT2D eigenvalue weighted by Crippen LogP contribution is 2.08. The summed E-state index contributed by atoms with van der Waals surface area (Å²) in [4.78, 5) is 11.1. The average Bonchev–Trinajstić information content (AvgIpc) is 2.18. The number of hydrogen-bond acceptors (Lipinski definition) is 5. The maximum atomic E-state index is 11.1. The van der Waals surface area contributed by atoms with Gasteiger partial charge in [-0.2, -0.15) is 0 Å². The molecule has 0 fully saturated rings. The Kier molecular flexibility index (Phi) is 3.84. The molecule has 0 heterocycles. The van der Waals surface area contributed by atoms with Crippen molar-refractivity contribution in [1.29, 1.82) is 0 Å². The Bertz CT molecular complexity index is 354. The molecule has 0 unspecified atom stereocenters. The van der Waals surface area contributed by atoms with Gasteiger partial charge in [-0.3, -0.25) is 0 Å².